The van der Waals surface area contributed by atoms with Crippen LogP contribution in [0.2, 0.25) is 5.02 Å². The second-order valence-electron chi connectivity index (χ2n) is 5.33. The zero-order chi connectivity index (χ0) is 12.0. The Kier molecular flexibility index (Phi) is 2.62. The molecule has 0 saturated heterocycles. The maximum atomic E-state index is 6.07. The lowest BCUT2D eigenvalue weighted by Gasteiger charge is -2.25. The molecular formula is C14H17ClN2. The first-order valence-corrected chi connectivity index (χ1v) is 6.68. The lowest BCUT2D eigenvalue weighted by Crippen LogP contribution is -2.19. The van der Waals surface area contributed by atoms with E-state index in [1.54, 1.807) is 0 Å². The third-order valence-corrected chi connectivity index (χ3v) is 4.14. The minimum atomic E-state index is 0.743. The molecule has 2 aromatic heterocycles. The van der Waals surface area contributed by atoms with Crippen molar-refractivity contribution in [2.75, 3.05) is 0 Å². The number of halogens is 1. The van der Waals surface area contributed by atoms with Gasteiger partial charge in [0.2, 0.25) is 0 Å². The number of imidazole rings is 1. The van der Waals surface area contributed by atoms with Crippen LogP contribution < -0.4 is 0 Å². The number of aromatic nitrogens is 2. The van der Waals surface area contributed by atoms with Gasteiger partial charge in [0.15, 0.2) is 0 Å². The van der Waals surface area contributed by atoms with Crippen molar-refractivity contribution in [3.05, 3.63) is 34.7 Å². The van der Waals surface area contributed by atoms with Crippen LogP contribution in [0.3, 0.4) is 0 Å². The third kappa shape index (κ3) is 1.85. The molecule has 0 saturated carbocycles. The summed E-state index contributed by atoms with van der Waals surface area (Å²) in [4.78, 5) is 4.69. The Hall–Kier alpha value is -1.02. The summed E-state index contributed by atoms with van der Waals surface area (Å²) in [6, 6.07) is 3.92. The Bertz CT molecular complexity index is 557. The lowest BCUT2D eigenvalue weighted by molar-refractivity contribution is 0.337. The molecule has 17 heavy (non-hydrogen) atoms. The topological polar surface area (TPSA) is 17.3 Å². The average Bonchev–Trinajstić information content (AvgIpc) is 2.66. The van der Waals surface area contributed by atoms with Gasteiger partial charge in [-0.2, -0.15) is 0 Å². The largest absolute Gasteiger partial charge is 0.302 e. The molecule has 0 spiro atoms. The van der Waals surface area contributed by atoms with Gasteiger partial charge in [0, 0.05) is 11.9 Å². The molecule has 0 N–H and O–H groups in total. The second kappa shape index (κ2) is 4.02. The highest BCUT2D eigenvalue weighted by molar-refractivity contribution is 6.30. The molecule has 2 aromatic rings. The van der Waals surface area contributed by atoms with Gasteiger partial charge >= 0.3 is 0 Å². The van der Waals surface area contributed by atoms with Crippen LogP contribution in [0.15, 0.2) is 18.3 Å². The van der Waals surface area contributed by atoms with Gasteiger partial charge in [-0.1, -0.05) is 25.4 Å². The zero-order valence-electron chi connectivity index (χ0n) is 10.3. The SMILES string of the molecule is CC(C)C1CCc2nc3ccc(Cl)cn3c2C1. The molecule has 0 amide bonds. The number of hydrogen-bond donors (Lipinski definition) is 0. The highest BCUT2D eigenvalue weighted by atomic mass is 35.5. The maximum Gasteiger partial charge on any atom is 0.137 e. The van der Waals surface area contributed by atoms with Crippen LogP contribution in [0.5, 0.6) is 0 Å². The van der Waals surface area contributed by atoms with E-state index in [9.17, 15) is 0 Å². The standard InChI is InChI=1S/C14H17ClN2/c1-9(2)10-3-5-12-13(7-10)17-8-11(15)4-6-14(17)16-12/h4,6,8-10H,3,5,7H2,1-2H3. The van der Waals surface area contributed by atoms with Crippen LogP contribution >= 0.6 is 11.6 Å². The smallest absolute Gasteiger partial charge is 0.137 e. The molecule has 1 unspecified atom stereocenters. The van der Waals surface area contributed by atoms with Gasteiger partial charge < -0.3 is 4.40 Å². The van der Waals surface area contributed by atoms with Crippen LogP contribution in [0.1, 0.15) is 31.7 Å². The van der Waals surface area contributed by atoms with E-state index in [0.717, 1.165) is 35.3 Å². The summed E-state index contributed by atoms with van der Waals surface area (Å²) in [6.07, 6.45) is 5.50. The van der Waals surface area contributed by atoms with E-state index in [0.29, 0.717) is 0 Å². The molecule has 3 rings (SSSR count). The Morgan fingerprint density at radius 1 is 1.41 bits per heavy atom. The Labute approximate surface area is 107 Å². The highest BCUT2D eigenvalue weighted by Gasteiger charge is 2.25. The quantitative estimate of drug-likeness (QED) is 0.751. The Morgan fingerprint density at radius 3 is 3.00 bits per heavy atom. The van der Waals surface area contributed by atoms with Crippen LogP contribution in [-0.2, 0) is 12.8 Å². The summed E-state index contributed by atoms with van der Waals surface area (Å²) in [5.74, 6) is 1.52. The van der Waals surface area contributed by atoms with Gasteiger partial charge in [-0.25, -0.2) is 4.98 Å². The number of aryl methyl sites for hydroxylation is 1. The van der Waals surface area contributed by atoms with E-state index >= 15 is 0 Å². The van der Waals surface area contributed by atoms with Crippen LogP contribution in [-0.4, -0.2) is 9.38 Å². The molecule has 0 fully saturated rings. The first-order chi connectivity index (χ1) is 8.15. The summed E-state index contributed by atoms with van der Waals surface area (Å²) in [6.45, 7) is 4.62. The van der Waals surface area contributed by atoms with Crippen molar-refractivity contribution in [3.63, 3.8) is 0 Å². The zero-order valence-corrected chi connectivity index (χ0v) is 11.0. The van der Waals surface area contributed by atoms with Crippen molar-refractivity contribution < 1.29 is 0 Å². The fourth-order valence-electron chi connectivity index (χ4n) is 2.77. The molecule has 1 aliphatic rings. The third-order valence-electron chi connectivity index (χ3n) is 3.91. The van der Waals surface area contributed by atoms with E-state index in [4.69, 9.17) is 16.6 Å². The van der Waals surface area contributed by atoms with Gasteiger partial charge in [0.1, 0.15) is 5.65 Å². The molecule has 1 atom stereocenters. The van der Waals surface area contributed by atoms with Crippen molar-refractivity contribution in [3.8, 4) is 0 Å². The first kappa shape index (κ1) is 11.1. The summed E-state index contributed by atoms with van der Waals surface area (Å²) in [5.41, 5.74) is 3.67. The molecular weight excluding hydrogens is 232 g/mol. The first-order valence-electron chi connectivity index (χ1n) is 6.30. The lowest BCUT2D eigenvalue weighted by atomic mass is 9.82. The van der Waals surface area contributed by atoms with Gasteiger partial charge in [-0.05, 0) is 43.2 Å². The van der Waals surface area contributed by atoms with Crippen molar-refractivity contribution in [1.82, 2.24) is 9.38 Å². The molecule has 2 heterocycles. The fourth-order valence-corrected chi connectivity index (χ4v) is 2.93. The normalized spacial score (nSPS) is 19.9. The van der Waals surface area contributed by atoms with E-state index < -0.39 is 0 Å². The minimum absolute atomic E-state index is 0.743. The number of pyridine rings is 1. The van der Waals surface area contributed by atoms with E-state index in [1.807, 2.05) is 18.3 Å². The van der Waals surface area contributed by atoms with E-state index in [2.05, 4.69) is 18.2 Å². The van der Waals surface area contributed by atoms with Crippen molar-refractivity contribution in [2.45, 2.75) is 33.1 Å². The number of fused-ring (bicyclic) bond motifs is 3. The Balaban J connectivity index is 2.10. The van der Waals surface area contributed by atoms with Crippen molar-refractivity contribution >= 4 is 17.2 Å². The van der Waals surface area contributed by atoms with Crippen molar-refractivity contribution in [2.24, 2.45) is 11.8 Å². The molecule has 3 heteroatoms. The number of hydrogen-bond acceptors (Lipinski definition) is 1. The molecule has 0 aliphatic heterocycles. The van der Waals surface area contributed by atoms with Crippen LogP contribution in [0.25, 0.3) is 5.65 Å². The van der Waals surface area contributed by atoms with Gasteiger partial charge in [0.05, 0.1) is 10.7 Å². The molecule has 2 nitrogen and oxygen atoms in total. The summed E-state index contributed by atoms with van der Waals surface area (Å²) >= 11 is 6.07. The van der Waals surface area contributed by atoms with Crippen LogP contribution in [0, 0.1) is 11.8 Å². The van der Waals surface area contributed by atoms with Crippen molar-refractivity contribution in [1.29, 1.82) is 0 Å². The van der Waals surface area contributed by atoms with Gasteiger partial charge in [0.25, 0.3) is 0 Å². The maximum absolute atomic E-state index is 6.07. The highest BCUT2D eigenvalue weighted by Crippen LogP contribution is 2.31. The average molecular weight is 249 g/mol. The predicted octanol–water partition coefficient (Wildman–Crippen LogP) is 3.75. The van der Waals surface area contributed by atoms with Crippen LogP contribution in [0.4, 0.5) is 0 Å². The molecule has 0 aromatic carbocycles. The molecule has 0 radical (unpaired) electrons. The molecule has 90 valence electrons. The van der Waals surface area contributed by atoms with E-state index in [1.165, 1.54) is 17.8 Å². The minimum Gasteiger partial charge on any atom is -0.302 e. The number of nitrogens with zero attached hydrogens (tertiary/aromatic N) is 2. The summed E-state index contributed by atoms with van der Waals surface area (Å²) < 4.78 is 2.17. The fraction of sp³-hybridized carbons (Fsp3) is 0.500. The number of rotatable bonds is 1. The molecule has 1 aliphatic carbocycles. The van der Waals surface area contributed by atoms with E-state index in [-0.39, 0.29) is 0 Å². The predicted molar refractivity (Wildman–Crippen MR) is 70.6 cm³/mol. The van der Waals surface area contributed by atoms with Gasteiger partial charge in [-0.3, -0.25) is 0 Å². The summed E-state index contributed by atoms with van der Waals surface area (Å²) in [7, 11) is 0. The van der Waals surface area contributed by atoms with Gasteiger partial charge in [-0.15, -0.1) is 0 Å². The monoisotopic (exact) mass is 248 g/mol. The Morgan fingerprint density at radius 2 is 2.24 bits per heavy atom. The second-order valence-corrected chi connectivity index (χ2v) is 5.76. The summed E-state index contributed by atoms with van der Waals surface area (Å²) in [5, 5.41) is 0.782. The molecule has 0 bridgehead atoms.